The van der Waals surface area contributed by atoms with Crippen molar-refractivity contribution in [2.75, 3.05) is 13.1 Å². The second kappa shape index (κ2) is 8.06. The lowest BCUT2D eigenvalue weighted by atomic mass is 9.85. The first-order valence-corrected chi connectivity index (χ1v) is 8.54. The van der Waals surface area contributed by atoms with E-state index in [2.05, 4.69) is 52.4 Å². The van der Waals surface area contributed by atoms with Gasteiger partial charge in [0.25, 0.3) is 0 Å². The van der Waals surface area contributed by atoms with Crippen molar-refractivity contribution >= 4 is 15.9 Å². The van der Waals surface area contributed by atoms with Crippen LogP contribution in [0.4, 0.5) is 0 Å². The molecule has 1 aliphatic carbocycles. The molecular weight excluding hydrogens is 298 g/mol. The average molecular weight is 324 g/mol. The molecule has 1 unspecified atom stereocenters. The van der Waals surface area contributed by atoms with Crippen LogP contribution in [-0.2, 0) is 6.42 Å². The first-order chi connectivity index (χ1) is 9.31. The second-order valence-electron chi connectivity index (χ2n) is 5.80. The standard InChI is InChI=1S/C17H26BrN/c1-2-11-19-13-16(14-7-3-4-8-14)12-15-9-5-6-10-17(15)18/h5-6,9-10,14,16,19H,2-4,7-8,11-13H2,1H3. The Morgan fingerprint density at radius 1 is 1.26 bits per heavy atom. The summed E-state index contributed by atoms with van der Waals surface area (Å²) in [6.07, 6.45) is 8.18. The summed E-state index contributed by atoms with van der Waals surface area (Å²) in [6.45, 7) is 4.57. The third-order valence-corrected chi connectivity index (χ3v) is 5.11. The van der Waals surface area contributed by atoms with E-state index in [-0.39, 0.29) is 0 Å². The highest BCUT2D eigenvalue weighted by Gasteiger charge is 2.25. The Balaban J connectivity index is 1.98. The summed E-state index contributed by atoms with van der Waals surface area (Å²) < 4.78 is 1.27. The Morgan fingerprint density at radius 3 is 2.68 bits per heavy atom. The average Bonchev–Trinajstić information content (AvgIpc) is 2.94. The van der Waals surface area contributed by atoms with Crippen molar-refractivity contribution in [2.24, 2.45) is 11.8 Å². The smallest absolute Gasteiger partial charge is 0.0207 e. The monoisotopic (exact) mass is 323 g/mol. The fourth-order valence-electron chi connectivity index (χ4n) is 3.24. The lowest BCUT2D eigenvalue weighted by Crippen LogP contribution is -2.29. The van der Waals surface area contributed by atoms with Gasteiger partial charge in [-0.1, -0.05) is 66.7 Å². The summed E-state index contributed by atoms with van der Waals surface area (Å²) >= 11 is 3.69. The number of rotatable bonds is 7. The maximum absolute atomic E-state index is 3.69. The van der Waals surface area contributed by atoms with Gasteiger partial charge in [-0.3, -0.25) is 0 Å². The van der Waals surface area contributed by atoms with Crippen LogP contribution < -0.4 is 5.32 Å². The van der Waals surface area contributed by atoms with Gasteiger partial charge < -0.3 is 5.32 Å². The highest BCUT2D eigenvalue weighted by Crippen LogP contribution is 2.34. The summed E-state index contributed by atoms with van der Waals surface area (Å²) in [4.78, 5) is 0. The Morgan fingerprint density at radius 2 is 2.00 bits per heavy atom. The van der Waals surface area contributed by atoms with E-state index in [1.54, 1.807) is 0 Å². The summed E-state index contributed by atoms with van der Waals surface area (Å²) in [7, 11) is 0. The molecule has 0 bridgehead atoms. The van der Waals surface area contributed by atoms with Gasteiger partial charge in [-0.05, 0) is 49.4 Å². The maximum atomic E-state index is 3.69. The minimum atomic E-state index is 0.799. The summed E-state index contributed by atoms with van der Waals surface area (Å²) in [5, 5.41) is 3.64. The van der Waals surface area contributed by atoms with Crippen LogP contribution in [0.15, 0.2) is 28.7 Å². The van der Waals surface area contributed by atoms with Crippen LogP contribution in [0.3, 0.4) is 0 Å². The van der Waals surface area contributed by atoms with Gasteiger partial charge in [-0.2, -0.15) is 0 Å². The second-order valence-corrected chi connectivity index (χ2v) is 6.66. The van der Waals surface area contributed by atoms with E-state index in [0.29, 0.717) is 0 Å². The number of nitrogens with one attached hydrogen (secondary N) is 1. The summed E-state index contributed by atoms with van der Waals surface area (Å²) in [6, 6.07) is 8.70. The fourth-order valence-corrected chi connectivity index (χ4v) is 3.69. The molecule has 1 fully saturated rings. The third-order valence-electron chi connectivity index (χ3n) is 4.34. The topological polar surface area (TPSA) is 12.0 Å². The lowest BCUT2D eigenvalue weighted by molar-refractivity contribution is 0.321. The highest BCUT2D eigenvalue weighted by molar-refractivity contribution is 9.10. The van der Waals surface area contributed by atoms with E-state index in [1.165, 1.54) is 55.1 Å². The van der Waals surface area contributed by atoms with Gasteiger partial charge in [0.2, 0.25) is 0 Å². The van der Waals surface area contributed by atoms with E-state index < -0.39 is 0 Å². The van der Waals surface area contributed by atoms with E-state index >= 15 is 0 Å². The molecule has 0 saturated heterocycles. The van der Waals surface area contributed by atoms with E-state index in [0.717, 1.165) is 18.4 Å². The van der Waals surface area contributed by atoms with Crippen LogP contribution in [0, 0.1) is 11.8 Å². The quantitative estimate of drug-likeness (QED) is 0.711. The van der Waals surface area contributed by atoms with Crippen molar-refractivity contribution in [3.8, 4) is 0 Å². The van der Waals surface area contributed by atoms with E-state index in [9.17, 15) is 0 Å². The zero-order valence-electron chi connectivity index (χ0n) is 12.0. The zero-order chi connectivity index (χ0) is 13.5. The normalized spacial score (nSPS) is 17.8. The van der Waals surface area contributed by atoms with Crippen LogP contribution in [0.2, 0.25) is 0 Å². The van der Waals surface area contributed by atoms with Crippen molar-refractivity contribution in [3.63, 3.8) is 0 Å². The Labute approximate surface area is 126 Å². The third kappa shape index (κ3) is 4.61. The molecule has 1 N–H and O–H groups in total. The van der Waals surface area contributed by atoms with Crippen molar-refractivity contribution in [2.45, 2.75) is 45.4 Å². The molecule has 0 heterocycles. The molecule has 1 nitrogen and oxygen atoms in total. The number of halogens is 1. The summed E-state index contributed by atoms with van der Waals surface area (Å²) in [5.74, 6) is 1.73. The predicted octanol–water partition coefficient (Wildman–Crippen LogP) is 4.80. The minimum absolute atomic E-state index is 0.799. The van der Waals surface area contributed by atoms with Gasteiger partial charge in [0, 0.05) is 4.47 Å². The minimum Gasteiger partial charge on any atom is -0.316 e. The molecule has 1 aliphatic rings. The van der Waals surface area contributed by atoms with E-state index in [1.807, 2.05) is 0 Å². The predicted molar refractivity (Wildman–Crippen MR) is 86.5 cm³/mol. The molecule has 0 aromatic heterocycles. The molecular formula is C17H26BrN. The molecule has 1 saturated carbocycles. The maximum Gasteiger partial charge on any atom is 0.0207 e. The first kappa shape index (κ1) is 15.1. The SMILES string of the molecule is CCCNCC(Cc1ccccc1Br)C1CCCC1. The number of hydrogen-bond donors (Lipinski definition) is 1. The summed E-state index contributed by atoms with van der Waals surface area (Å²) in [5.41, 5.74) is 1.47. The molecule has 19 heavy (non-hydrogen) atoms. The van der Waals surface area contributed by atoms with Crippen molar-refractivity contribution in [3.05, 3.63) is 34.3 Å². The molecule has 1 aromatic carbocycles. The number of hydrogen-bond acceptors (Lipinski definition) is 1. The van der Waals surface area contributed by atoms with Crippen LogP contribution in [-0.4, -0.2) is 13.1 Å². The molecule has 0 aliphatic heterocycles. The van der Waals surface area contributed by atoms with Crippen LogP contribution in [0.5, 0.6) is 0 Å². The Hall–Kier alpha value is -0.340. The molecule has 2 rings (SSSR count). The van der Waals surface area contributed by atoms with Gasteiger partial charge in [0.1, 0.15) is 0 Å². The fraction of sp³-hybridized carbons (Fsp3) is 0.647. The van der Waals surface area contributed by atoms with Gasteiger partial charge in [0.05, 0.1) is 0 Å². The Bertz CT molecular complexity index is 371. The van der Waals surface area contributed by atoms with Crippen LogP contribution in [0.1, 0.15) is 44.6 Å². The first-order valence-electron chi connectivity index (χ1n) is 7.75. The van der Waals surface area contributed by atoms with Crippen LogP contribution >= 0.6 is 15.9 Å². The zero-order valence-corrected chi connectivity index (χ0v) is 13.6. The molecule has 0 radical (unpaired) electrons. The number of benzene rings is 1. The Kier molecular flexibility index (Phi) is 6.39. The molecule has 1 atom stereocenters. The highest BCUT2D eigenvalue weighted by atomic mass is 79.9. The molecule has 0 amide bonds. The van der Waals surface area contributed by atoms with E-state index in [4.69, 9.17) is 0 Å². The molecule has 1 aromatic rings. The van der Waals surface area contributed by atoms with Crippen LogP contribution in [0.25, 0.3) is 0 Å². The van der Waals surface area contributed by atoms with Gasteiger partial charge in [0.15, 0.2) is 0 Å². The van der Waals surface area contributed by atoms with Gasteiger partial charge >= 0.3 is 0 Å². The lowest BCUT2D eigenvalue weighted by Gasteiger charge is -2.24. The van der Waals surface area contributed by atoms with Crippen molar-refractivity contribution in [1.29, 1.82) is 0 Å². The molecule has 106 valence electrons. The largest absolute Gasteiger partial charge is 0.316 e. The van der Waals surface area contributed by atoms with Crippen molar-refractivity contribution < 1.29 is 0 Å². The molecule has 0 spiro atoms. The van der Waals surface area contributed by atoms with Gasteiger partial charge in [-0.15, -0.1) is 0 Å². The van der Waals surface area contributed by atoms with Crippen molar-refractivity contribution in [1.82, 2.24) is 5.32 Å². The molecule has 2 heteroatoms. The van der Waals surface area contributed by atoms with Gasteiger partial charge in [-0.25, -0.2) is 0 Å².